The van der Waals surface area contributed by atoms with Gasteiger partial charge in [-0.05, 0) is 69.3 Å². The maximum Gasteiger partial charge on any atom is 0.408 e. The van der Waals surface area contributed by atoms with Crippen molar-refractivity contribution in [3.63, 3.8) is 0 Å². The molecule has 4 aromatic carbocycles. The molecule has 1 heterocycles. The van der Waals surface area contributed by atoms with Crippen LogP contribution in [0, 0.1) is 0 Å². The normalized spacial score (nSPS) is 17.2. The van der Waals surface area contributed by atoms with E-state index < -0.39 is 23.6 Å². The van der Waals surface area contributed by atoms with Crippen LogP contribution in [0.4, 0.5) is 4.79 Å². The molecule has 6 rings (SSSR count). The average molecular weight is 594 g/mol. The zero-order valence-electron chi connectivity index (χ0n) is 24.4. The molecule has 1 N–H and O–H groups in total. The van der Waals surface area contributed by atoms with Crippen molar-refractivity contribution in [2.75, 3.05) is 27.4 Å². The van der Waals surface area contributed by atoms with E-state index in [0.29, 0.717) is 22.6 Å². The fourth-order valence-corrected chi connectivity index (χ4v) is 5.84. The summed E-state index contributed by atoms with van der Waals surface area (Å²) >= 11 is 0. The highest BCUT2D eigenvalue weighted by molar-refractivity contribution is 6.02. The Bertz CT molecular complexity index is 1700. The molecule has 9 heteroatoms. The van der Waals surface area contributed by atoms with Gasteiger partial charge in [-0.25, -0.2) is 14.4 Å². The van der Waals surface area contributed by atoms with Crippen molar-refractivity contribution in [1.29, 1.82) is 0 Å². The van der Waals surface area contributed by atoms with Crippen molar-refractivity contribution in [1.82, 2.24) is 5.32 Å². The van der Waals surface area contributed by atoms with Crippen LogP contribution in [-0.4, -0.2) is 51.0 Å². The fraction of sp³-hybridized carbons (Fsp3) is 0.229. The third-order valence-electron chi connectivity index (χ3n) is 8.00. The summed E-state index contributed by atoms with van der Waals surface area (Å²) in [6.45, 7) is -0.264. The number of alkyl carbamates (subject to hydrolysis) is 1. The van der Waals surface area contributed by atoms with Gasteiger partial charge in [-0.15, -0.1) is 0 Å². The van der Waals surface area contributed by atoms with Crippen LogP contribution in [0.25, 0.3) is 22.3 Å². The molecule has 0 aromatic heterocycles. The minimum atomic E-state index is -1.48. The Morgan fingerprint density at radius 2 is 1.39 bits per heavy atom. The van der Waals surface area contributed by atoms with Crippen LogP contribution in [0.15, 0.2) is 84.9 Å². The lowest BCUT2D eigenvalue weighted by Gasteiger charge is -2.27. The standard InChI is InChI=1S/C35H31NO8/c1-40-25-12-8-23(9-13-25)27-18-28-31(24-10-14-26(41-2)15-11-24)30-20-35(19-29(27)30,33(38)43-17-16-42-32(28)37)36-34(39)44-21-22-6-4-3-5-7-22/h3-15,18H,16-17,19-21H2,1-2H3,(H,36,39). The van der Waals surface area contributed by atoms with Crippen molar-refractivity contribution in [2.45, 2.75) is 25.0 Å². The second-order valence-corrected chi connectivity index (χ2v) is 10.7. The van der Waals surface area contributed by atoms with Crippen LogP contribution >= 0.6 is 0 Å². The summed E-state index contributed by atoms with van der Waals surface area (Å²) in [5.74, 6) is 0.156. The summed E-state index contributed by atoms with van der Waals surface area (Å²) in [6.07, 6.45) is -0.549. The summed E-state index contributed by atoms with van der Waals surface area (Å²) < 4.78 is 27.4. The van der Waals surface area contributed by atoms with Gasteiger partial charge < -0.3 is 29.0 Å². The fourth-order valence-electron chi connectivity index (χ4n) is 5.84. The van der Waals surface area contributed by atoms with Crippen molar-refractivity contribution in [3.8, 4) is 33.8 Å². The number of nitrogens with one attached hydrogen (secondary N) is 1. The minimum Gasteiger partial charge on any atom is -0.497 e. The molecule has 4 aromatic rings. The van der Waals surface area contributed by atoms with E-state index in [4.69, 9.17) is 23.7 Å². The molecule has 0 saturated carbocycles. The van der Waals surface area contributed by atoms with Crippen molar-refractivity contribution < 1.29 is 38.1 Å². The Morgan fingerprint density at radius 3 is 2.05 bits per heavy atom. The Labute approximate surface area is 254 Å². The first-order chi connectivity index (χ1) is 21.4. The third-order valence-corrected chi connectivity index (χ3v) is 8.00. The second-order valence-electron chi connectivity index (χ2n) is 10.7. The van der Waals surface area contributed by atoms with E-state index in [1.54, 1.807) is 20.3 Å². The Morgan fingerprint density at radius 1 is 0.773 bits per heavy atom. The zero-order chi connectivity index (χ0) is 30.7. The van der Waals surface area contributed by atoms with Crippen molar-refractivity contribution in [3.05, 3.63) is 107 Å². The molecule has 1 unspecified atom stereocenters. The van der Waals surface area contributed by atoms with Gasteiger partial charge in [0, 0.05) is 12.8 Å². The maximum atomic E-state index is 13.8. The van der Waals surface area contributed by atoms with E-state index in [1.807, 2.05) is 78.9 Å². The first-order valence-corrected chi connectivity index (χ1v) is 14.2. The number of hydrogen-bond acceptors (Lipinski definition) is 8. The molecule has 44 heavy (non-hydrogen) atoms. The monoisotopic (exact) mass is 593 g/mol. The molecule has 3 bridgehead atoms. The number of benzene rings is 4. The number of ether oxygens (including phenoxy) is 5. The van der Waals surface area contributed by atoms with Crippen LogP contribution in [0.5, 0.6) is 11.5 Å². The smallest absolute Gasteiger partial charge is 0.408 e. The van der Waals surface area contributed by atoms with Gasteiger partial charge in [0.2, 0.25) is 0 Å². The quantitative estimate of drug-likeness (QED) is 0.221. The predicted octanol–water partition coefficient (Wildman–Crippen LogP) is 5.52. The van der Waals surface area contributed by atoms with Gasteiger partial charge in [0.15, 0.2) is 0 Å². The van der Waals surface area contributed by atoms with E-state index in [1.165, 1.54) is 0 Å². The number of rotatable bonds is 7. The zero-order valence-corrected chi connectivity index (χ0v) is 24.4. The number of cyclic esters (lactones) is 2. The summed E-state index contributed by atoms with van der Waals surface area (Å²) in [7, 11) is 3.17. The molecule has 9 nitrogen and oxygen atoms in total. The van der Waals surface area contributed by atoms with Crippen LogP contribution < -0.4 is 14.8 Å². The molecular formula is C35H31NO8. The van der Waals surface area contributed by atoms with Crippen molar-refractivity contribution in [2.24, 2.45) is 0 Å². The van der Waals surface area contributed by atoms with Gasteiger partial charge in [0.05, 0.1) is 19.8 Å². The molecule has 0 radical (unpaired) electrons. The second kappa shape index (κ2) is 12.1. The molecule has 224 valence electrons. The number of amides is 1. The molecule has 1 aliphatic carbocycles. The molecule has 1 atom stereocenters. The average Bonchev–Trinajstić information content (AvgIpc) is 3.44. The van der Waals surface area contributed by atoms with Gasteiger partial charge in [-0.1, -0.05) is 54.6 Å². The number of hydrogen-bond donors (Lipinski definition) is 1. The number of fused-ring (bicyclic) bond motifs is 2. The van der Waals surface area contributed by atoms with Crippen molar-refractivity contribution >= 4 is 18.0 Å². The first-order valence-electron chi connectivity index (χ1n) is 14.2. The molecule has 0 saturated heterocycles. The van der Waals surface area contributed by atoms with Gasteiger partial charge in [-0.2, -0.15) is 0 Å². The van der Waals surface area contributed by atoms with Gasteiger partial charge in [0.25, 0.3) is 0 Å². The first kappa shape index (κ1) is 28.8. The van der Waals surface area contributed by atoms with E-state index >= 15 is 0 Å². The molecular weight excluding hydrogens is 562 g/mol. The summed E-state index contributed by atoms with van der Waals surface area (Å²) in [5, 5.41) is 2.86. The lowest BCUT2D eigenvalue weighted by Crippen LogP contribution is -2.56. The number of carbonyl (C=O) groups excluding carboxylic acids is 3. The molecule has 2 aliphatic rings. The van der Waals surface area contributed by atoms with Crippen LogP contribution in [-0.2, 0) is 38.5 Å². The van der Waals surface area contributed by atoms with Crippen LogP contribution in [0.2, 0.25) is 0 Å². The van der Waals surface area contributed by atoms with E-state index in [9.17, 15) is 14.4 Å². The highest BCUT2D eigenvalue weighted by atomic mass is 16.6. The SMILES string of the molecule is COc1ccc(-c2cc3c(-c4ccc(OC)cc4)c4c2CC(NC(=O)OCc2ccccc2)(C4)C(=O)OCCOC3=O)cc1. The van der Waals surface area contributed by atoms with Crippen LogP contribution in [0.3, 0.4) is 0 Å². The Hall–Kier alpha value is -5.31. The van der Waals surface area contributed by atoms with E-state index in [0.717, 1.165) is 33.4 Å². The molecule has 1 aliphatic heterocycles. The number of esters is 2. The Balaban J connectivity index is 1.49. The van der Waals surface area contributed by atoms with Crippen LogP contribution in [0.1, 0.15) is 27.0 Å². The lowest BCUT2D eigenvalue weighted by atomic mass is 9.86. The predicted molar refractivity (Wildman–Crippen MR) is 162 cm³/mol. The summed E-state index contributed by atoms with van der Waals surface area (Å²) in [4.78, 5) is 40.7. The summed E-state index contributed by atoms with van der Waals surface area (Å²) in [6, 6.07) is 25.9. The third kappa shape index (κ3) is 5.56. The van der Waals surface area contributed by atoms with Gasteiger partial charge in [0.1, 0.15) is 36.9 Å². The summed E-state index contributed by atoms with van der Waals surface area (Å²) in [5.41, 5.74) is 4.12. The topological polar surface area (TPSA) is 109 Å². The number of methoxy groups -OCH3 is 2. The lowest BCUT2D eigenvalue weighted by molar-refractivity contribution is -0.152. The molecule has 0 spiro atoms. The number of carbonyl (C=O) groups is 3. The molecule has 1 amide bonds. The van der Waals surface area contributed by atoms with Gasteiger partial charge >= 0.3 is 18.0 Å². The Kier molecular flexibility index (Phi) is 7.93. The highest BCUT2D eigenvalue weighted by Crippen LogP contribution is 2.45. The highest BCUT2D eigenvalue weighted by Gasteiger charge is 2.49. The van der Waals surface area contributed by atoms with E-state index in [2.05, 4.69) is 5.32 Å². The van der Waals surface area contributed by atoms with Gasteiger partial charge in [-0.3, -0.25) is 0 Å². The maximum absolute atomic E-state index is 13.8. The minimum absolute atomic E-state index is 0.0332. The van der Waals surface area contributed by atoms with E-state index in [-0.39, 0.29) is 32.7 Å². The largest absolute Gasteiger partial charge is 0.497 e. The molecule has 0 fully saturated rings.